The quantitative estimate of drug-likeness (QED) is 0.842. The molecule has 1 aliphatic rings. The number of amides is 1. The first kappa shape index (κ1) is 13.8. The fourth-order valence-corrected chi connectivity index (χ4v) is 2.92. The average Bonchev–Trinajstić information content (AvgIpc) is 2.39. The molecule has 4 heteroatoms. The van der Waals surface area contributed by atoms with Crippen molar-refractivity contribution in [1.29, 1.82) is 0 Å². The second-order valence-electron chi connectivity index (χ2n) is 4.89. The SMILES string of the molecule is CN(CC1CCNCC1)C(=O)c1cccc(I)c1. The van der Waals surface area contributed by atoms with Crippen molar-refractivity contribution in [3.05, 3.63) is 33.4 Å². The van der Waals surface area contributed by atoms with E-state index in [-0.39, 0.29) is 5.91 Å². The van der Waals surface area contributed by atoms with Gasteiger partial charge >= 0.3 is 0 Å². The lowest BCUT2D eigenvalue weighted by Crippen LogP contribution is -2.37. The van der Waals surface area contributed by atoms with Crippen molar-refractivity contribution in [2.45, 2.75) is 12.8 Å². The maximum absolute atomic E-state index is 12.3. The number of nitrogens with one attached hydrogen (secondary N) is 1. The average molecular weight is 358 g/mol. The minimum absolute atomic E-state index is 0.132. The van der Waals surface area contributed by atoms with E-state index in [0.717, 1.165) is 28.8 Å². The highest BCUT2D eigenvalue weighted by molar-refractivity contribution is 14.1. The van der Waals surface area contributed by atoms with E-state index in [1.165, 1.54) is 12.8 Å². The molecule has 2 rings (SSSR count). The van der Waals surface area contributed by atoms with Crippen LogP contribution in [0.25, 0.3) is 0 Å². The first-order valence-corrected chi connectivity index (χ1v) is 7.46. The Hall–Kier alpha value is -0.620. The Morgan fingerprint density at radius 2 is 2.17 bits per heavy atom. The number of hydrogen-bond acceptors (Lipinski definition) is 2. The van der Waals surface area contributed by atoms with Gasteiger partial charge in [0.2, 0.25) is 0 Å². The molecular formula is C14H19IN2O. The summed E-state index contributed by atoms with van der Waals surface area (Å²) in [5.74, 6) is 0.773. The van der Waals surface area contributed by atoms with Gasteiger partial charge in [-0.1, -0.05) is 6.07 Å². The molecule has 1 heterocycles. The zero-order valence-corrected chi connectivity index (χ0v) is 12.8. The molecular weight excluding hydrogens is 339 g/mol. The summed E-state index contributed by atoms with van der Waals surface area (Å²) in [5.41, 5.74) is 0.790. The van der Waals surface area contributed by atoms with Crippen molar-refractivity contribution in [2.75, 3.05) is 26.7 Å². The van der Waals surface area contributed by atoms with Gasteiger partial charge < -0.3 is 10.2 Å². The summed E-state index contributed by atoms with van der Waals surface area (Å²) in [6.07, 6.45) is 2.34. The minimum Gasteiger partial charge on any atom is -0.341 e. The number of hydrogen-bond donors (Lipinski definition) is 1. The third kappa shape index (κ3) is 3.68. The number of nitrogens with zero attached hydrogens (tertiary/aromatic N) is 1. The Morgan fingerprint density at radius 3 is 2.83 bits per heavy atom. The van der Waals surface area contributed by atoms with Crippen molar-refractivity contribution >= 4 is 28.5 Å². The lowest BCUT2D eigenvalue weighted by Gasteiger charge is -2.27. The van der Waals surface area contributed by atoms with Gasteiger partial charge in [0, 0.05) is 22.7 Å². The molecule has 0 atom stereocenters. The van der Waals surface area contributed by atoms with Crippen LogP contribution in [0.1, 0.15) is 23.2 Å². The van der Waals surface area contributed by atoms with E-state index in [0.29, 0.717) is 5.92 Å². The number of carbonyl (C=O) groups is 1. The van der Waals surface area contributed by atoms with E-state index >= 15 is 0 Å². The van der Waals surface area contributed by atoms with E-state index in [2.05, 4.69) is 27.9 Å². The van der Waals surface area contributed by atoms with E-state index in [1.807, 2.05) is 36.2 Å². The first-order chi connectivity index (χ1) is 8.66. The molecule has 0 unspecified atom stereocenters. The standard InChI is InChI=1S/C14H19IN2O/c1-17(10-11-5-7-16-8-6-11)14(18)12-3-2-4-13(15)9-12/h2-4,9,11,16H,5-8,10H2,1H3. The third-order valence-corrected chi connectivity index (χ3v) is 4.08. The van der Waals surface area contributed by atoms with Gasteiger partial charge in [0.1, 0.15) is 0 Å². The maximum atomic E-state index is 12.3. The summed E-state index contributed by atoms with van der Waals surface area (Å²) in [6, 6.07) is 7.78. The predicted molar refractivity (Wildman–Crippen MR) is 81.7 cm³/mol. The Bertz CT molecular complexity index is 416. The van der Waals surface area contributed by atoms with E-state index < -0.39 is 0 Å². The van der Waals surface area contributed by atoms with Crippen LogP contribution in [-0.4, -0.2) is 37.5 Å². The molecule has 0 spiro atoms. The van der Waals surface area contributed by atoms with Gasteiger partial charge in [-0.25, -0.2) is 0 Å². The van der Waals surface area contributed by atoms with E-state index in [4.69, 9.17) is 0 Å². The molecule has 1 aromatic rings. The lowest BCUT2D eigenvalue weighted by atomic mass is 9.97. The maximum Gasteiger partial charge on any atom is 0.253 e. The monoisotopic (exact) mass is 358 g/mol. The first-order valence-electron chi connectivity index (χ1n) is 6.38. The van der Waals surface area contributed by atoms with Crippen molar-refractivity contribution in [1.82, 2.24) is 10.2 Å². The van der Waals surface area contributed by atoms with Crippen molar-refractivity contribution in [2.24, 2.45) is 5.92 Å². The van der Waals surface area contributed by atoms with Crippen LogP contribution in [0.2, 0.25) is 0 Å². The molecule has 0 aliphatic carbocycles. The zero-order chi connectivity index (χ0) is 13.0. The highest BCUT2D eigenvalue weighted by Gasteiger charge is 2.18. The van der Waals surface area contributed by atoms with Gasteiger partial charge in [-0.2, -0.15) is 0 Å². The number of benzene rings is 1. The van der Waals surface area contributed by atoms with Crippen molar-refractivity contribution in [3.8, 4) is 0 Å². The molecule has 1 fully saturated rings. The summed E-state index contributed by atoms with van der Waals surface area (Å²) in [6.45, 7) is 3.03. The predicted octanol–water partition coefficient (Wildman–Crippen LogP) is 2.36. The molecule has 1 saturated heterocycles. The molecule has 18 heavy (non-hydrogen) atoms. The number of carbonyl (C=O) groups excluding carboxylic acids is 1. The summed E-state index contributed by atoms with van der Waals surface area (Å²) < 4.78 is 1.11. The molecule has 0 aromatic heterocycles. The van der Waals surface area contributed by atoms with Gasteiger partial charge in [0.05, 0.1) is 0 Å². The fourth-order valence-electron chi connectivity index (χ4n) is 2.38. The number of halogens is 1. The van der Waals surface area contributed by atoms with Crippen LogP contribution in [0, 0.1) is 9.49 Å². The molecule has 3 nitrogen and oxygen atoms in total. The summed E-state index contributed by atoms with van der Waals surface area (Å²) in [4.78, 5) is 14.1. The number of rotatable bonds is 3. The van der Waals surface area contributed by atoms with Crippen LogP contribution < -0.4 is 5.32 Å². The zero-order valence-electron chi connectivity index (χ0n) is 10.7. The second-order valence-corrected chi connectivity index (χ2v) is 6.14. The Labute approximate surface area is 122 Å². The van der Waals surface area contributed by atoms with Gasteiger partial charge in [0.15, 0.2) is 0 Å². The van der Waals surface area contributed by atoms with E-state index in [9.17, 15) is 4.79 Å². The third-order valence-electron chi connectivity index (χ3n) is 3.41. The van der Waals surface area contributed by atoms with Crippen LogP contribution in [0.15, 0.2) is 24.3 Å². The topological polar surface area (TPSA) is 32.3 Å². The van der Waals surface area contributed by atoms with Crippen LogP contribution in [0.5, 0.6) is 0 Å². The molecule has 0 radical (unpaired) electrons. The van der Waals surface area contributed by atoms with Crippen LogP contribution in [-0.2, 0) is 0 Å². The van der Waals surface area contributed by atoms with E-state index in [1.54, 1.807) is 0 Å². The summed E-state index contributed by atoms with van der Waals surface area (Å²) in [5, 5.41) is 3.35. The normalized spacial score (nSPS) is 16.6. The minimum atomic E-state index is 0.132. The summed E-state index contributed by atoms with van der Waals surface area (Å²) >= 11 is 2.24. The van der Waals surface area contributed by atoms with Gasteiger partial charge in [-0.3, -0.25) is 4.79 Å². The molecule has 0 saturated carbocycles. The molecule has 98 valence electrons. The second kappa shape index (κ2) is 6.52. The molecule has 0 bridgehead atoms. The molecule has 1 aromatic carbocycles. The molecule has 1 aliphatic heterocycles. The van der Waals surface area contributed by atoms with Crippen molar-refractivity contribution < 1.29 is 4.79 Å². The van der Waals surface area contributed by atoms with Crippen LogP contribution in [0.4, 0.5) is 0 Å². The van der Waals surface area contributed by atoms with Crippen LogP contribution >= 0.6 is 22.6 Å². The Morgan fingerprint density at radius 1 is 1.44 bits per heavy atom. The van der Waals surface area contributed by atoms with Gasteiger partial charge in [-0.05, 0) is 72.6 Å². The van der Waals surface area contributed by atoms with Crippen molar-refractivity contribution in [3.63, 3.8) is 0 Å². The smallest absolute Gasteiger partial charge is 0.253 e. The lowest BCUT2D eigenvalue weighted by molar-refractivity contribution is 0.0762. The molecule has 1 amide bonds. The Kier molecular flexibility index (Phi) is 5.00. The highest BCUT2D eigenvalue weighted by Crippen LogP contribution is 2.15. The number of piperidine rings is 1. The van der Waals surface area contributed by atoms with Gasteiger partial charge in [-0.15, -0.1) is 0 Å². The highest BCUT2D eigenvalue weighted by atomic mass is 127. The Balaban J connectivity index is 1.95. The van der Waals surface area contributed by atoms with Crippen LogP contribution in [0.3, 0.4) is 0 Å². The van der Waals surface area contributed by atoms with Gasteiger partial charge in [0.25, 0.3) is 5.91 Å². The largest absolute Gasteiger partial charge is 0.341 e. The summed E-state index contributed by atoms with van der Waals surface area (Å²) in [7, 11) is 1.91. The molecule has 1 N–H and O–H groups in total. The fraction of sp³-hybridized carbons (Fsp3) is 0.500.